The molecule has 1 N–H and O–H groups in total. The number of amides is 2. The van der Waals surface area contributed by atoms with Crippen LogP contribution in [0.4, 0.5) is 0 Å². The lowest BCUT2D eigenvalue weighted by Gasteiger charge is -2.23. The summed E-state index contributed by atoms with van der Waals surface area (Å²) in [4.78, 5) is 37.6. The van der Waals surface area contributed by atoms with Crippen molar-refractivity contribution in [3.8, 4) is 11.5 Å². The van der Waals surface area contributed by atoms with E-state index in [1.54, 1.807) is 12.1 Å². The van der Waals surface area contributed by atoms with E-state index in [1.165, 1.54) is 18.0 Å². The standard InChI is InChI=1S/C20H28N2O8S/c1-4-28-16-7-6-14(10-17(16)29-5-2)20(25)21-11-19(24)30-12-18(23)22(3)15-8-9-31(26,27)13-15/h6-7,10,15H,4-5,8-9,11-13H2,1-3H3,(H,21,25). The number of carbonyl (C=O) groups excluding carboxylic acids is 3. The molecule has 1 aromatic rings. The van der Waals surface area contributed by atoms with Gasteiger partial charge in [-0.2, -0.15) is 0 Å². The molecule has 0 radical (unpaired) electrons. The number of sulfone groups is 1. The molecule has 0 aromatic heterocycles. The third-order valence-electron chi connectivity index (χ3n) is 4.71. The van der Waals surface area contributed by atoms with E-state index in [0.717, 1.165) is 0 Å². The minimum absolute atomic E-state index is 0.0394. The Bertz CT molecular complexity index is 916. The number of hydrogen-bond donors (Lipinski definition) is 1. The summed E-state index contributed by atoms with van der Waals surface area (Å²) in [6.45, 7) is 3.53. The molecule has 1 atom stereocenters. The van der Waals surface area contributed by atoms with Crippen LogP contribution >= 0.6 is 0 Å². The van der Waals surface area contributed by atoms with Crippen molar-refractivity contribution in [1.29, 1.82) is 0 Å². The Balaban J connectivity index is 1.82. The highest BCUT2D eigenvalue weighted by Crippen LogP contribution is 2.28. The largest absolute Gasteiger partial charge is 0.490 e. The summed E-state index contributed by atoms with van der Waals surface area (Å²) in [5.74, 6) is -0.927. The molecule has 1 heterocycles. The molecule has 172 valence electrons. The van der Waals surface area contributed by atoms with Crippen molar-refractivity contribution in [1.82, 2.24) is 10.2 Å². The number of likely N-dealkylation sites (N-methyl/N-ethyl adjacent to an activating group) is 1. The number of rotatable bonds is 10. The normalized spacial score (nSPS) is 16.9. The fourth-order valence-electron chi connectivity index (χ4n) is 3.03. The van der Waals surface area contributed by atoms with Gasteiger partial charge in [-0.15, -0.1) is 0 Å². The summed E-state index contributed by atoms with van der Waals surface area (Å²) in [7, 11) is -1.65. The number of ether oxygens (including phenoxy) is 3. The average molecular weight is 457 g/mol. The second-order valence-electron chi connectivity index (χ2n) is 6.93. The van der Waals surface area contributed by atoms with Gasteiger partial charge in [0, 0.05) is 18.7 Å². The molecule has 2 rings (SSSR count). The van der Waals surface area contributed by atoms with Gasteiger partial charge in [-0.1, -0.05) is 0 Å². The molecular formula is C20H28N2O8S. The Morgan fingerprint density at radius 2 is 1.81 bits per heavy atom. The van der Waals surface area contributed by atoms with Gasteiger partial charge in [0.05, 0.1) is 24.7 Å². The quantitative estimate of drug-likeness (QED) is 0.501. The molecule has 0 bridgehead atoms. The predicted octanol–water partition coefficient (Wildman–Crippen LogP) is 0.403. The van der Waals surface area contributed by atoms with Crippen LogP contribution in [0.1, 0.15) is 30.6 Å². The number of nitrogens with one attached hydrogen (secondary N) is 1. The molecule has 11 heteroatoms. The number of nitrogens with zero attached hydrogens (tertiary/aromatic N) is 1. The lowest BCUT2D eigenvalue weighted by Crippen LogP contribution is -2.41. The van der Waals surface area contributed by atoms with E-state index in [4.69, 9.17) is 14.2 Å². The monoisotopic (exact) mass is 456 g/mol. The van der Waals surface area contributed by atoms with Crippen molar-refractivity contribution < 1.29 is 37.0 Å². The summed E-state index contributed by atoms with van der Waals surface area (Å²) in [5, 5.41) is 2.42. The van der Waals surface area contributed by atoms with Crippen molar-refractivity contribution in [3.05, 3.63) is 23.8 Å². The predicted molar refractivity (Wildman–Crippen MR) is 112 cm³/mol. The van der Waals surface area contributed by atoms with E-state index in [9.17, 15) is 22.8 Å². The molecule has 1 aliphatic rings. The fourth-order valence-corrected chi connectivity index (χ4v) is 4.80. The summed E-state index contributed by atoms with van der Waals surface area (Å²) >= 11 is 0. The van der Waals surface area contributed by atoms with Crippen molar-refractivity contribution in [3.63, 3.8) is 0 Å². The Morgan fingerprint density at radius 3 is 2.42 bits per heavy atom. The average Bonchev–Trinajstić information content (AvgIpc) is 3.10. The fraction of sp³-hybridized carbons (Fsp3) is 0.550. The second-order valence-corrected chi connectivity index (χ2v) is 9.16. The van der Waals surface area contributed by atoms with E-state index in [0.29, 0.717) is 31.1 Å². The first kappa shape index (κ1) is 24.4. The maximum absolute atomic E-state index is 12.3. The van der Waals surface area contributed by atoms with Gasteiger partial charge in [0.1, 0.15) is 6.54 Å². The summed E-state index contributed by atoms with van der Waals surface area (Å²) in [6, 6.07) is 4.25. The Morgan fingerprint density at radius 1 is 1.13 bits per heavy atom. The first-order valence-corrected chi connectivity index (χ1v) is 11.8. The van der Waals surface area contributed by atoms with Crippen molar-refractivity contribution in [2.24, 2.45) is 0 Å². The lowest BCUT2D eigenvalue weighted by molar-refractivity contribution is -0.151. The van der Waals surface area contributed by atoms with E-state index in [1.807, 2.05) is 13.8 Å². The number of benzene rings is 1. The molecule has 10 nitrogen and oxygen atoms in total. The maximum Gasteiger partial charge on any atom is 0.325 e. The smallest absolute Gasteiger partial charge is 0.325 e. The van der Waals surface area contributed by atoms with E-state index in [2.05, 4.69) is 5.32 Å². The Kier molecular flexibility index (Phi) is 8.66. The molecule has 1 aliphatic heterocycles. The lowest BCUT2D eigenvalue weighted by atomic mass is 10.2. The molecular weight excluding hydrogens is 428 g/mol. The Labute approximate surface area is 181 Å². The number of esters is 1. The minimum Gasteiger partial charge on any atom is -0.490 e. The van der Waals surface area contributed by atoms with Gasteiger partial charge in [0.25, 0.3) is 11.8 Å². The molecule has 1 fully saturated rings. The molecule has 1 saturated heterocycles. The second kappa shape index (κ2) is 11.0. The SMILES string of the molecule is CCOc1ccc(C(=O)NCC(=O)OCC(=O)N(C)C2CCS(=O)(=O)C2)cc1OCC. The molecule has 0 saturated carbocycles. The van der Waals surface area contributed by atoms with Crippen LogP contribution < -0.4 is 14.8 Å². The van der Waals surface area contributed by atoms with Crippen LogP contribution in [0.25, 0.3) is 0 Å². The zero-order valence-electron chi connectivity index (χ0n) is 17.9. The summed E-state index contributed by atoms with van der Waals surface area (Å²) in [5.41, 5.74) is 0.276. The zero-order chi connectivity index (χ0) is 23.0. The topological polar surface area (TPSA) is 128 Å². The number of carbonyl (C=O) groups is 3. The third-order valence-corrected chi connectivity index (χ3v) is 6.46. The van der Waals surface area contributed by atoms with Crippen LogP contribution in [-0.4, -0.2) is 82.1 Å². The maximum atomic E-state index is 12.3. The van der Waals surface area contributed by atoms with E-state index in [-0.39, 0.29) is 17.1 Å². The van der Waals surface area contributed by atoms with Crippen molar-refractivity contribution in [2.75, 3.05) is 44.9 Å². The van der Waals surface area contributed by atoms with Crippen LogP contribution in [0.2, 0.25) is 0 Å². The van der Waals surface area contributed by atoms with Crippen molar-refractivity contribution in [2.45, 2.75) is 26.3 Å². The highest BCUT2D eigenvalue weighted by atomic mass is 32.2. The highest BCUT2D eigenvalue weighted by molar-refractivity contribution is 7.91. The summed E-state index contributed by atoms with van der Waals surface area (Å²) < 4.78 is 38.9. The van der Waals surface area contributed by atoms with Crippen LogP contribution in [0.3, 0.4) is 0 Å². The summed E-state index contributed by atoms with van der Waals surface area (Å²) in [6.07, 6.45) is 0.362. The van der Waals surface area contributed by atoms with Gasteiger partial charge in [0.2, 0.25) is 0 Å². The van der Waals surface area contributed by atoms with Crippen molar-refractivity contribution >= 4 is 27.6 Å². The minimum atomic E-state index is -3.13. The van der Waals surface area contributed by atoms with E-state index < -0.39 is 46.8 Å². The van der Waals surface area contributed by atoms with Gasteiger partial charge in [-0.3, -0.25) is 14.4 Å². The van der Waals surface area contributed by atoms with Gasteiger partial charge in [-0.05, 0) is 38.5 Å². The zero-order valence-corrected chi connectivity index (χ0v) is 18.7. The highest BCUT2D eigenvalue weighted by Gasteiger charge is 2.32. The van der Waals surface area contributed by atoms with Crippen LogP contribution in [0, 0.1) is 0 Å². The van der Waals surface area contributed by atoms with Crippen LogP contribution in [0.5, 0.6) is 11.5 Å². The van der Waals surface area contributed by atoms with Gasteiger partial charge in [-0.25, -0.2) is 8.42 Å². The van der Waals surface area contributed by atoms with Gasteiger partial charge in [0.15, 0.2) is 27.9 Å². The molecule has 2 amide bonds. The molecule has 0 aliphatic carbocycles. The first-order chi connectivity index (χ1) is 14.7. The molecule has 0 spiro atoms. The molecule has 1 aromatic carbocycles. The number of hydrogen-bond acceptors (Lipinski definition) is 8. The van der Waals surface area contributed by atoms with E-state index >= 15 is 0 Å². The Hall–Kier alpha value is -2.82. The van der Waals surface area contributed by atoms with Gasteiger partial charge < -0.3 is 24.4 Å². The van der Waals surface area contributed by atoms with Crippen LogP contribution in [-0.2, 0) is 24.2 Å². The first-order valence-electron chi connectivity index (χ1n) is 9.96. The van der Waals surface area contributed by atoms with Crippen LogP contribution in [0.15, 0.2) is 18.2 Å². The molecule has 1 unspecified atom stereocenters. The third kappa shape index (κ3) is 7.12. The molecule has 31 heavy (non-hydrogen) atoms. The van der Waals surface area contributed by atoms with Gasteiger partial charge >= 0.3 is 5.97 Å².